The van der Waals surface area contributed by atoms with Gasteiger partial charge in [-0.15, -0.1) is 0 Å². The van der Waals surface area contributed by atoms with Crippen LogP contribution in [0.4, 0.5) is 16.0 Å². The second kappa shape index (κ2) is 9.89. The van der Waals surface area contributed by atoms with Gasteiger partial charge in [-0.3, -0.25) is 4.57 Å². The van der Waals surface area contributed by atoms with E-state index in [4.69, 9.17) is 4.74 Å². The molecule has 1 aliphatic rings. The third-order valence-electron chi connectivity index (χ3n) is 5.69. The maximum Gasteiger partial charge on any atom is 0.233 e. The number of benzene rings is 1. The Hall–Kier alpha value is -3.97. The van der Waals surface area contributed by atoms with Crippen LogP contribution >= 0.6 is 0 Å². The highest BCUT2D eigenvalue weighted by molar-refractivity contribution is 5.87. The van der Waals surface area contributed by atoms with E-state index in [1.165, 1.54) is 39.1 Å². The van der Waals surface area contributed by atoms with Crippen LogP contribution in [0.5, 0.6) is 5.88 Å². The van der Waals surface area contributed by atoms with Crippen LogP contribution < -0.4 is 15.4 Å². The first-order valence-electron chi connectivity index (χ1n) is 11.0. The highest BCUT2D eigenvalue weighted by atomic mass is 19.1. The SMILES string of the molecule is CC1(C)CCCCN1.COc1[nH]ncc1Nc1ncc(F)c(-n2ccc3c(C#N)cccc32)n1. The molecule has 0 amide bonds. The van der Waals surface area contributed by atoms with Crippen LogP contribution in [0.15, 0.2) is 42.9 Å². The molecule has 0 saturated carbocycles. The number of rotatable bonds is 4. The summed E-state index contributed by atoms with van der Waals surface area (Å²) in [6.07, 6.45) is 8.36. The maximum atomic E-state index is 14.4. The molecule has 4 heterocycles. The van der Waals surface area contributed by atoms with Crippen molar-refractivity contribution in [1.82, 2.24) is 30.0 Å². The third-order valence-corrected chi connectivity index (χ3v) is 5.69. The van der Waals surface area contributed by atoms with E-state index >= 15 is 0 Å². The van der Waals surface area contributed by atoms with Crippen molar-refractivity contribution in [3.63, 3.8) is 0 Å². The summed E-state index contributed by atoms with van der Waals surface area (Å²) in [5.74, 6) is 0.0635. The van der Waals surface area contributed by atoms with E-state index < -0.39 is 5.82 Å². The molecule has 5 rings (SSSR count). The van der Waals surface area contributed by atoms with Gasteiger partial charge in [0, 0.05) is 17.1 Å². The van der Waals surface area contributed by atoms with Crippen LogP contribution in [0.25, 0.3) is 16.7 Å². The number of aromatic amines is 1. The number of aromatic nitrogens is 5. The third kappa shape index (κ3) is 5.00. The van der Waals surface area contributed by atoms with Crippen molar-refractivity contribution in [3.8, 4) is 17.8 Å². The molecule has 3 aromatic heterocycles. The number of fused-ring (bicyclic) bond motifs is 1. The number of halogens is 1. The lowest BCUT2D eigenvalue weighted by molar-refractivity contribution is 0.304. The van der Waals surface area contributed by atoms with Gasteiger partial charge in [0.05, 0.1) is 36.7 Å². The molecule has 0 radical (unpaired) electrons. The van der Waals surface area contributed by atoms with E-state index in [1.54, 1.807) is 35.0 Å². The minimum atomic E-state index is -0.588. The fourth-order valence-electron chi connectivity index (χ4n) is 3.88. The van der Waals surface area contributed by atoms with Crippen molar-refractivity contribution in [2.45, 2.75) is 38.6 Å². The van der Waals surface area contributed by atoms with Gasteiger partial charge in [-0.2, -0.15) is 15.3 Å². The number of hydrogen-bond acceptors (Lipinski definition) is 7. The van der Waals surface area contributed by atoms with Gasteiger partial charge >= 0.3 is 0 Å². The highest BCUT2D eigenvalue weighted by Gasteiger charge is 2.19. The molecule has 0 atom stereocenters. The van der Waals surface area contributed by atoms with Crippen molar-refractivity contribution in [3.05, 3.63) is 54.2 Å². The molecule has 0 spiro atoms. The van der Waals surface area contributed by atoms with Gasteiger partial charge in [0.2, 0.25) is 11.8 Å². The summed E-state index contributed by atoms with van der Waals surface area (Å²) in [7, 11) is 1.49. The fourth-order valence-corrected chi connectivity index (χ4v) is 3.88. The lowest BCUT2D eigenvalue weighted by atomic mass is 9.93. The molecule has 0 bridgehead atoms. The Bertz CT molecular complexity index is 1310. The summed E-state index contributed by atoms with van der Waals surface area (Å²) in [6, 6.07) is 9.13. The standard InChI is InChI=1S/C17H12FN7O.C7H15N/c1-26-16-13(9-21-24-16)22-17-20-8-12(18)15(23-17)25-6-5-11-10(7-19)3-2-4-14(11)25;1-7(2)5-3-4-6-8-7/h2-6,8-9H,1H3,(H,21,24)(H,20,22,23);8H,3-6H2,1-2H3. The number of nitriles is 1. The summed E-state index contributed by atoms with van der Waals surface area (Å²) in [5.41, 5.74) is 2.14. The average Bonchev–Trinajstić information content (AvgIpc) is 3.47. The minimum Gasteiger partial charge on any atom is -0.480 e. The zero-order valence-electron chi connectivity index (χ0n) is 19.4. The first-order valence-corrected chi connectivity index (χ1v) is 11.0. The number of nitrogens with zero attached hydrogens (tertiary/aromatic N) is 5. The largest absolute Gasteiger partial charge is 0.480 e. The van der Waals surface area contributed by atoms with Crippen molar-refractivity contribution in [2.75, 3.05) is 19.0 Å². The first kappa shape index (κ1) is 23.2. The molecule has 1 aromatic carbocycles. The maximum absolute atomic E-state index is 14.4. The Labute approximate surface area is 197 Å². The zero-order valence-corrected chi connectivity index (χ0v) is 19.4. The Balaban J connectivity index is 0.000000291. The Kier molecular flexibility index (Phi) is 6.75. The van der Waals surface area contributed by atoms with Crippen molar-refractivity contribution >= 4 is 22.5 Å². The fraction of sp³-hybridized carbons (Fsp3) is 0.333. The van der Waals surface area contributed by atoms with Gasteiger partial charge in [0.15, 0.2) is 11.6 Å². The number of methoxy groups -OCH3 is 1. The molecule has 176 valence electrons. The van der Waals surface area contributed by atoms with Gasteiger partial charge < -0.3 is 15.4 Å². The van der Waals surface area contributed by atoms with Gasteiger partial charge in [-0.1, -0.05) is 12.5 Å². The lowest BCUT2D eigenvalue weighted by Crippen LogP contribution is -2.42. The number of nitrogens with one attached hydrogen (secondary N) is 3. The van der Waals surface area contributed by atoms with Crippen molar-refractivity contribution in [2.24, 2.45) is 0 Å². The van der Waals surface area contributed by atoms with Crippen molar-refractivity contribution in [1.29, 1.82) is 5.26 Å². The zero-order chi connectivity index (χ0) is 24.1. The summed E-state index contributed by atoms with van der Waals surface area (Å²) in [4.78, 5) is 8.21. The topological polar surface area (TPSA) is 116 Å². The molecule has 9 nitrogen and oxygen atoms in total. The quantitative estimate of drug-likeness (QED) is 0.410. The highest BCUT2D eigenvalue weighted by Crippen LogP contribution is 2.26. The predicted octanol–water partition coefficient (Wildman–Crippen LogP) is 4.45. The van der Waals surface area contributed by atoms with Crippen LogP contribution in [0.3, 0.4) is 0 Å². The summed E-state index contributed by atoms with van der Waals surface area (Å²) >= 11 is 0. The monoisotopic (exact) mass is 462 g/mol. The molecule has 3 N–H and O–H groups in total. The Morgan fingerprint density at radius 3 is 2.76 bits per heavy atom. The molecule has 34 heavy (non-hydrogen) atoms. The van der Waals surface area contributed by atoms with E-state index in [0.717, 1.165) is 11.6 Å². The smallest absolute Gasteiger partial charge is 0.233 e. The van der Waals surface area contributed by atoms with Gasteiger partial charge in [0.1, 0.15) is 5.69 Å². The van der Waals surface area contributed by atoms with Gasteiger partial charge in [-0.05, 0) is 51.4 Å². The molecule has 1 fully saturated rings. The number of anilines is 2. The molecule has 1 aliphatic heterocycles. The number of H-pyrrole nitrogens is 1. The van der Waals surface area contributed by atoms with Gasteiger partial charge in [0.25, 0.3) is 0 Å². The molecule has 0 unspecified atom stereocenters. The molecular formula is C24H27FN8O. The number of hydrogen-bond donors (Lipinski definition) is 3. The van der Waals surface area contributed by atoms with E-state index in [0.29, 0.717) is 28.2 Å². The van der Waals surface area contributed by atoms with Crippen LogP contribution in [-0.2, 0) is 0 Å². The second-order valence-corrected chi connectivity index (χ2v) is 8.61. The van der Waals surface area contributed by atoms with Crippen LogP contribution in [-0.4, -0.2) is 43.9 Å². The van der Waals surface area contributed by atoms with E-state index in [2.05, 4.69) is 50.7 Å². The predicted molar refractivity (Wildman–Crippen MR) is 128 cm³/mol. The average molecular weight is 463 g/mol. The molecule has 1 saturated heterocycles. The Morgan fingerprint density at radius 1 is 1.24 bits per heavy atom. The summed E-state index contributed by atoms with van der Waals surface area (Å²) in [6.45, 7) is 5.76. The lowest BCUT2D eigenvalue weighted by Gasteiger charge is -2.30. The molecular weight excluding hydrogens is 435 g/mol. The van der Waals surface area contributed by atoms with E-state index in [1.807, 2.05) is 0 Å². The van der Waals surface area contributed by atoms with Crippen LogP contribution in [0.2, 0.25) is 0 Å². The molecule has 4 aromatic rings. The number of ether oxygens (including phenoxy) is 1. The summed E-state index contributed by atoms with van der Waals surface area (Å²) in [5, 5.41) is 22.9. The van der Waals surface area contributed by atoms with Gasteiger partial charge in [-0.25, -0.2) is 14.5 Å². The molecule has 0 aliphatic carbocycles. The second-order valence-electron chi connectivity index (χ2n) is 8.61. The number of piperidine rings is 1. The Morgan fingerprint density at radius 2 is 2.09 bits per heavy atom. The normalized spacial score (nSPS) is 14.7. The van der Waals surface area contributed by atoms with Crippen molar-refractivity contribution < 1.29 is 9.13 Å². The van der Waals surface area contributed by atoms with Crippen LogP contribution in [0, 0.1) is 17.1 Å². The van der Waals surface area contributed by atoms with E-state index in [-0.39, 0.29) is 11.8 Å². The van der Waals surface area contributed by atoms with Crippen LogP contribution in [0.1, 0.15) is 38.7 Å². The minimum absolute atomic E-state index is 0.0649. The first-order chi connectivity index (χ1) is 16.4. The molecule has 10 heteroatoms. The summed E-state index contributed by atoms with van der Waals surface area (Å²) < 4.78 is 21.1. The van der Waals surface area contributed by atoms with E-state index in [9.17, 15) is 9.65 Å².